The Bertz CT molecular complexity index is 809. The summed E-state index contributed by atoms with van der Waals surface area (Å²) in [6.07, 6.45) is 0.327. The van der Waals surface area contributed by atoms with Gasteiger partial charge in [0, 0.05) is 17.2 Å². The van der Waals surface area contributed by atoms with Crippen molar-refractivity contribution in [2.75, 3.05) is 14.2 Å². The van der Waals surface area contributed by atoms with E-state index in [1.165, 1.54) is 14.2 Å². The molecule has 0 fully saturated rings. The number of hydrogen-bond donors (Lipinski definition) is 3. The van der Waals surface area contributed by atoms with Crippen LogP contribution in [-0.4, -0.2) is 35.4 Å². The molecule has 0 radical (unpaired) electrons. The van der Waals surface area contributed by atoms with Crippen molar-refractivity contribution in [3.05, 3.63) is 39.7 Å². The topological polar surface area (TPSA) is 109 Å². The zero-order chi connectivity index (χ0) is 17.1. The summed E-state index contributed by atoms with van der Waals surface area (Å²) in [5, 5.41) is 19.3. The van der Waals surface area contributed by atoms with E-state index in [9.17, 15) is 14.7 Å². The molecule has 0 spiro atoms. The first-order chi connectivity index (χ1) is 10.9. The maximum absolute atomic E-state index is 12.0. The molecule has 0 saturated heterocycles. The average molecular weight is 319 g/mol. The van der Waals surface area contributed by atoms with Gasteiger partial charge in [-0.2, -0.15) is 0 Å². The maximum atomic E-state index is 12.0. The number of carboxylic acid groups (broad SMARTS) is 1. The summed E-state index contributed by atoms with van der Waals surface area (Å²) < 4.78 is 10.4. The van der Waals surface area contributed by atoms with Gasteiger partial charge in [-0.15, -0.1) is 0 Å². The smallest absolute Gasteiger partial charge is 0.345 e. The molecule has 1 aromatic heterocycles. The predicted molar refractivity (Wildman–Crippen MR) is 83.6 cm³/mol. The molecule has 122 valence electrons. The quantitative estimate of drug-likeness (QED) is 0.778. The zero-order valence-corrected chi connectivity index (χ0v) is 13.0. The van der Waals surface area contributed by atoms with E-state index < -0.39 is 22.8 Å². The van der Waals surface area contributed by atoms with Gasteiger partial charge in [-0.25, -0.2) is 4.79 Å². The summed E-state index contributed by atoms with van der Waals surface area (Å²) in [5.74, 6) is -1.02. The van der Waals surface area contributed by atoms with E-state index in [0.29, 0.717) is 34.7 Å². The highest BCUT2D eigenvalue weighted by Gasteiger charge is 2.23. The van der Waals surface area contributed by atoms with Crippen LogP contribution in [0.2, 0.25) is 0 Å². The molecule has 0 atom stereocenters. The number of methoxy groups -OCH3 is 2. The predicted octanol–water partition coefficient (Wildman–Crippen LogP) is 2.03. The van der Waals surface area contributed by atoms with Gasteiger partial charge in [0.2, 0.25) is 0 Å². The van der Waals surface area contributed by atoms with Crippen molar-refractivity contribution in [2.45, 2.75) is 13.3 Å². The SMILES string of the molecule is CCc1c(-c2ccc(OC)cc2OC)[nH]c(=O)c(C(=O)O)c1O. The van der Waals surface area contributed by atoms with E-state index in [2.05, 4.69) is 4.98 Å². The average Bonchev–Trinajstić information content (AvgIpc) is 2.53. The third-order valence-electron chi connectivity index (χ3n) is 3.54. The van der Waals surface area contributed by atoms with Gasteiger partial charge in [-0.1, -0.05) is 6.92 Å². The molecule has 2 aromatic rings. The summed E-state index contributed by atoms with van der Waals surface area (Å²) in [4.78, 5) is 25.7. The van der Waals surface area contributed by atoms with Gasteiger partial charge in [0.1, 0.15) is 17.2 Å². The summed E-state index contributed by atoms with van der Waals surface area (Å²) in [7, 11) is 2.98. The van der Waals surface area contributed by atoms with Gasteiger partial charge in [-0.3, -0.25) is 4.79 Å². The second-order valence-corrected chi connectivity index (χ2v) is 4.76. The minimum atomic E-state index is -1.48. The lowest BCUT2D eigenvalue weighted by Gasteiger charge is -2.15. The van der Waals surface area contributed by atoms with Gasteiger partial charge in [-0.05, 0) is 18.6 Å². The van der Waals surface area contributed by atoms with Crippen LogP contribution in [0.3, 0.4) is 0 Å². The van der Waals surface area contributed by atoms with Crippen LogP contribution >= 0.6 is 0 Å². The number of pyridine rings is 1. The molecule has 2 rings (SSSR count). The highest BCUT2D eigenvalue weighted by Crippen LogP contribution is 2.36. The molecule has 0 amide bonds. The zero-order valence-electron chi connectivity index (χ0n) is 13.0. The minimum Gasteiger partial charge on any atom is -0.506 e. The van der Waals surface area contributed by atoms with Crippen molar-refractivity contribution in [1.82, 2.24) is 4.98 Å². The summed E-state index contributed by atoms with van der Waals surface area (Å²) in [6, 6.07) is 4.98. The molecule has 1 aromatic carbocycles. The Morgan fingerprint density at radius 3 is 2.48 bits per heavy atom. The Hall–Kier alpha value is -2.96. The molecule has 23 heavy (non-hydrogen) atoms. The van der Waals surface area contributed by atoms with E-state index in [-0.39, 0.29) is 0 Å². The number of aromatic amines is 1. The lowest BCUT2D eigenvalue weighted by molar-refractivity contribution is 0.0691. The van der Waals surface area contributed by atoms with Gasteiger partial charge < -0.3 is 24.7 Å². The number of benzene rings is 1. The van der Waals surface area contributed by atoms with Crippen LogP contribution in [0.25, 0.3) is 11.3 Å². The van der Waals surface area contributed by atoms with Crippen molar-refractivity contribution in [3.8, 4) is 28.5 Å². The number of carbonyl (C=O) groups is 1. The first-order valence-electron chi connectivity index (χ1n) is 6.88. The number of hydrogen-bond acceptors (Lipinski definition) is 5. The van der Waals surface area contributed by atoms with E-state index in [1.54, 1.807) is 25.1 Å². The first kappa shape index (κ1) is 16.4. The molecule has 0 aliphatic rings. The van der Waals surface area contributed by atoms with Gasteiger partial charge >= 0.3 is 5.97 Å². The number of aromatic carboxylic acids is 1. The van der Waals surface area contributed by atoms with E-state index in [0.717, 1.165) is 0 Å². The van der Waals surface area contributed by atoms with Crippen LogP contribution < -0.4 is 15.0 Å². The van der Waals surface area contributed by atoms with Crippen molar-refractivity contribution < 1.29 is 24.5 Å². The molecule has 3 N–H and O–H groups in total. The fourth-order valence-corrected chi connectivity index (χ4v) is 2.41. The number of carboxylic acids is 1. The van der Waals surface area contributed by atoms with Crippen LogP contribution in [0.5, 0.6) is 17.2 Å². The summed E-state index contributed by atoms with van der Waals surface area (Å²) in [6.45, 7) is 1.75. The largest absolute Gasteiger partial charge is 0.506 e. The second-order valence-electron chi connectivity index (χ2n) is 4.76. The van der Waals surface area contributed by atoms with Crippen molar-refractivity contribution >= 4 is 5.97 Å². The fraction of sp³-hybridized carbons (Fsp3) is 0.250. The third kappa shape index (κ3) is 2.85. The van der Waals surface area contributed by atoms with Crippen LogP contribution in [0.4, 0.5) is 0 Å². The van der Waals surface area contributed by atoms with E-state index in [1.807, 2.05) is 0 Å². The van der Waals surface area contributed by atoms with Crippen LogP contribution in [0.15, 0.2) is 23.0 Å². The Labute approximate surface area is 132 Å². The van der Waals surface area contributed by atoms with Gasteiger partial charge in [0.25, 0.3) is 5.56 Å². The molecule has 0 aliphatic carbocycles. The highest BCUT2D eigenvalue weighted by molar-refractivity contribution is 5.92. The Kier molecular flexibility index (Phi) is 4.59. The summed E-state index contributed by atoms with van der Waals surface area (Å²) >= 11 is 0. The van der Waals surface area contributed by atoms with Gasteiger partial charge in [0.15, 0.2) is 5.56 Å². The number of ether oxygens (including phenoxy) is 2. The Morgan fingerprint density at radius 1 is 1.26 bits per heavy atom. The number of nitrogens with one attached hydrogen (secondary N) is 1. The number of H-pyrrole nitrogens is 1. The Balaban J connectivity index is 2.79. The molecule has 7 heteroatoms. The summed E-state index contributed by atoms with van der Waals surface area (Å²) in [5.41, 5.74) is -0.377. The lowest BCUT2D eigenvalue weighted by Crippen LogP contribution is -2.20. The third-order valence-corrected chi connectivity index (χ3v) is 3.54. The molecule has 0 saturated carbocycles. The van der Waals surface area contributed by atoms with E-state index in [4.69, 9.17) is 14.6 Å². The molecular formula is C16H17NO6. The van der Waals surface area contributed by atoms with Crippen LogP contribution in [0.1, 0.15) is 22.8 Å². The molecule has 7 nitrogen and oxygen atoms in total. The van der Waals surface area contributed by atoms with Crippen LogP contribution in [-0.2, 0) is 6.42 Å². The molecular weight excluding hydrogens is 302 g/mol. The molecule has 0 unspecified atom stereocenters. The van der Waals surface area contributed by atoms with E-state index >= 15 is 0 Å². The lowest BCUT2D eigenvalue weighted by atomic mass is 9.99. The van der Waals surface area contributed by atoms with Gasteiger partial charge in [0.05, 0.1) is 19.9 Å². The van der Waals surface area contributed by atoms with Crippen molar-refractivity contribution in [1.29, 1.82) is 0 Å². The number of rotatable bonds is 5. The number of aromatic hydroxyl groups is 1. The first-order valence-corrected chi connectivity index (χ1v) is 6.88. The molecule has 0 aliphatic heterocycles. The molecule has 0 bridgehead atoms. The van der Waals surface area contributed by atoms with Crippen LogP contribution in [0, 0.1) is 0 Å². The standard InChI is InChI=1S/C16H17NO6/c1-4-9-13(17-15(19)12(14(9)18)16(20)21)10-6-5-8(22-2)7-11(10)23-3/h5-7H,4H2,1-3H3,(H,20,21)(H2,17,18,19). The maximum Gasteiger partial charge on any atom is 0.345 e. The molecule has 1 heterocycles. The van der Waals surface area contributed by atoms with Crippen molar-refractivity contribution in [3.63, 3.8) is 0 Å². The Morgan fingerprint density at radius 2 is 1.96 bits per heavy atom. The second kappa shape index (κ2) is 6.43. The fourth-order valence-electron chi connectivity index (χ4n) is 2.41. The number of aromatic nitrogens is 1. The monoisotopic (exact) mass is 319 g/mol. The highest BCUT2D eigenvalue weighted by atomic mass is 16.5. The minimum absolute atomic E-state index is 0.319. The normalized spacial score (nSPS) is 10.4. The van der Waals surface area contributed by atoms with Crippen molar-refractivity contribution in [2.24, 2.45) is 0 Å².